The van der Waals surface area contributed by atoms with Crippen LogP contribution in [-0.2, 0) is 18.3 Å². The van der Waals surface area contributed by atoms with Gasteiger partial charge in [0.15, 0.2) is 0 Å². The SMILES string of the molecule is COc1ccc2c3ccccc3n(-c3ccc(CCCCCc4cc(N)cc(C(C)(C)C)c4)cn3)c2c1. The van der Waals surface area contributed by atoms with E-state index in [0.29, 0.717) is 0 Å². The van der Waals surface area contributed by atoms with E-state index in [1.807, 2.05) is 12.3 Å². The summed E-state index contributed by atoms with van der Waals surface area (Å²) in [5.41, 5.74) is 13.4. The molecule has 4 heteroatoms. The number of nitrogens with zero attached hydrogens (tertiary/aromatic N) is 2. The first-order valence-electron chi connectivity index (χ1n) is 13.3. The molecule has 0 unspecified atom stereocenters. The Hall–Kier alpha value is -3.79. The smallest absolute Gasteiger partial charge is 0.137 e. The molecule has 2 heterocycles. The van der Waals surface area contributed by atoms with E-state index in [1.165, 1.54) is 40.3 Å². The zero-order chi connectivity index (χ0) is 26.0. The normalized spacial score (nSPS) is 11.9. The van der Waals surface area contributed by atoms with Crippen molar-refractivity contribution in [2.45, 2.75) is 58.3 Å². The van der Waals surface area contributed by atoms with Crippen LogP contribution in [0.5, 0.6) is 5.75 Å². The third kappa shape index (κ3) is 5.34. The Morgan fingerprint density at radius 1 is 0.784 bits per heavy atom. The molecule has 0 saturated carbocycles. The van der Waals surface area contributed by atoms with Crippen molar-refractivity contribution in [1.29, 1.82) is 0 Å². The molecule has 3 aromatic carbocycles. The predicted octanol–water partition coefficient (Wildman–Crippen LogP) is 8.02. The summed E-state index contributed by atoms with van der Waals surface area (Å²) in [6, 6.07) is 25.7. The van der Waals surface area contributed by atoms with Crippen molar-refractivity contribution in [2.24, 2.45) is 0 Å². The molecule has 0 aliphatic rings. The highest BCUT2D eigenvalue weighted by atomic mass is 16.5. The molecule has 2 N–H and O–H groups in total. The summed E-state index contributed by atoms with van der Waals surface area (Å²) in [7, 11) is 1.71. The molecule has 37 heavy (non-hydrogen) atoms. The number of anilines is 1. The second-order valence-corrected chi connectivity index (χ2v) is 11.0. The van der Waals surface area contributed by atoms with E-state index in [0.717, 1.165) is 47.6 Å². The average molecular weight is 492 g/mol. The van der Waals surface area contributed by atoms with E-state index in [1.54, 1.807) is 7.11 Å². The molecular formula is C33H37N3O. The Morgan fingerprint density at radius 2 is 1.54 bits per heavy atom. The molecular weight excluding hydrogens is 454 g/mol. The molecule has 0 amide bonds. The molecule has 5 aromatic rings. The fourth-order valence-corrected chi connectivity index (χ4v) is 5.15. The highest BCUT2D eigenvalue weighted by Crippen LogP contribution is 2.33. The van der Waals surface area contributed by atoms with Crippen molar-refractivity contribution < 1.29 is 4.74 Å². The number of unbranched alkanes of at least 4 members (excludes halogenated alkanes) is 2. The number of nitrogen functional groups attached to an aromatic ring is 1. The molecule has 0 fully saturated rings. The second-order valence-electron chi connectivity index (χ2n) is 11.0. The van der Waals surface area contributed by atoms with Crippen LogP contribution in [0.4, 0.5) is 5.69 Å². The summed E-state index contributed by atoms with van der Waals surface area (Å²) in [5, 5.41) is 2.43. The Morgan fingerprint density at radius 3 is 2.27 bits per heavy atom. The lowest BCUT2D eigenvalue weighted by Gasteiger charge is -2.20. The number of benzene rings is 3. The van der Waals surface area contributed by atoms with E-state index in [4.69, 9.17) is 15.5 Å². The molecule has 2 aromatic heterocycles. The maximum atomic E-state index is 6.17. The third-order valence-electron chi connectivity index (χ3n) is 7.23. The zero-order valence-electron chi connectivity index (χ0n) is 22.4. The fourth-order valence-electron chi connectivity index (χ4n) is 5.15. The zero-order valence-corrected chi connectivity index (χ0v) is 22.4. The number of hydrogen-bond acceptors (Lipinski definition) is 3. The van der Waals surface area contributed by atoms with Crippen molar-refractivity contribution in [3.63, 3.8) is 0 Å². The molecule has 0 saturated heterocycles. The van der Waals surface area contributed by atoms with Crippen molar-refractivity contribution in [1.82, 2.24) is 9.55 Å². The van der Waals surface area contributed by atoms with Crippen LogP contribution >= 0.6 is 0 Å². The number of ether oxygens (including phenoxy) is 1. The number of aryl methyl sites for hydroxylation is 2. The van der Waals surface area contributed by atoms with E-state index < -0.39 is 0 Å². The highest BCUT2D eigenvalue weighted by Gasteiger charge is 2.15. The number of pyridine rings is 1. The molecule has 0 spiro atoms. The van der Waals surface area contributed by atoms with Crippen LogP contribution in [0, 0.1) is 0 Å². The molecule has 190 valence electrons. The average Bonchev–Trinajstić information content (AvgIpc) is 3.21. The maximum Gasteiger partial charge on any atom is 0.137 e. The van der Waals surface area contributed by atoms with E-state index >= 15 is 0 Å². The highest BCUT2D eigenvalue weighted by molar-refractivity contribution is 6.09. The number of aromatic nitrogens is 2. The maximum absolute atomic E-state index is 6.17. The molecule has 0 aliphatic heterocycles. The molecule has 5 rings (SSSR count). The van der Waals surface area contributed by atoms with Crippen LogP contribution in [0.15, 0.2) is 79.0 Å². The van der Waals surface area contributed by atoms with Crippen molar-refractivity contribution in [2.75, 3.05) is 12.8 Å². The fraction of sp³-hybridized carbons (Fsp3) is 0.303. The lowest BCUT2D eigenvalue weighted by molar-refractivity contribution is 0.415. The lowest BCUT2D eigenvalue weighted by Crippen LogP contribution is -2.12. The van der Waals surface area contributed by atoms with Gasteiger partial charge < -0.3 is 10.5 Å². The minimum atomic E-state index is 0.120. The van der Waals surface area contributed by atoms with Gasteiger partial charge in [-0.25, -0.2) is 4.98 Å². The molecule has 0 atom stereocenters. The van der Waals surface area contributed by atoms with Crippen LogP contribution in [0.3, 0.4) is 0 Å². The molecule has 4 nitrogen and oxygen atoms in total. The van der Waals surface area contributed by atoms with Gasteiger partial charge in [-0.3, -0.25) is 4.57 Å². The van der Waals surface area contributed by atoms with Crippen LogP contribution in [0.1, 0.15) is 56.7 Å². The van der Waals surface area contributed by atoms with Gasteiger partial charge in [0.05, 0.1) is 18.1 Å². The predicted molar refractivity (Wildman–Crippen MR) is 156 cm³/mol. The van der Waals surface area contributed by atoms with Gasteiger partial charge in [-0.05, 0) is 84.2 Å². The Balaban J connectivity index is 1.25. The Kier molecular flexibility index (Phi) is 6.92. The number of rotatable bonds is 8. The first-order valence-corrected chi connectivity index (χ1v) is 13.3. The molecule has 0 radical (unpaired) electrons. The van der Waals surface area contributed by atoms with Gasteiger partial charge in [-0.1, -0.05) is 57.5 Å². The summed E-state index contributed by atoms with van der Waals surface area (Å²) >= 11 is 0. The van der Waals surface area contributed by atoms with Gasteiger partial charge in [0, 0.05) is 28.7 Å². The monoisotopic (exact) mass is 491 g/mol. The topological polar surface area (TPSA) is 53.1 Å². The Labute approximate surface area is 220 Å². The largest absolute Gasteiger partial charge is 0.497 e. The van der Waals surface area contributed by atoms with Crippen LogP contribution in [-0.4, -0.2) is 16.7 Å². The summed E-state index contributed by atoms with van der Waals surface area (Å²) in [4.78, 5) is 4.87. The van der Waals surface area contributed by atoms with Gasteiger partial charge in [0.2, 0.25) is 0 Å². The van der Waals surface area contributed by atoms with Crippen molar-refractivity contribution in [3.05, 3.63) is 95.7 Å². The summed E-state index contributed by atoms with van der Waals surface area (Å²) in [6.45, 7) is 6.72. The van der Waals surface area contributed by atoms with Crippen molar-refractivity contribution in [3.8, 4) is 11.6 Å². The number of para-hydroxylation sites is 1. The van der Waals surface area contributed by atoms with Gasteiger partial charge in [0.25, 0.3) is 0 Å². The minimum Gasteiger partial charge on any atom is -0.497 e. The quantitative estimate of drug-likeness (QED) is 0.177. The summed E-state index contributed by atoms with van der Waals surface area (Å²) < 4.78 is 7.74. The van der Waals surface area contributed by atoms with Crippen LogP contribution in [0.25, 0.3) is 27.6 Å². The number of methoxy groups -OCH3 is 1. The molecule has 0 bridgehead atoms. The number of nitrogens with two attached hydrogens (primary N) is 1. The van der Waals surface area contributed by atoms with E-state index in [9.17, 15) is 0 Å². The minimum absolute atomic E-state index is 0.120. The molecule has 0 aliphatic carbocycles. The van der Waals surface area contributed by atoms with Crippen LogP contribution in [0.2, 0.25) is 0 Å². The van der Waals surface area contributed by atoms with E-state index in [2.05, 4.69) is 92.1 Å². The van der Waals surface area contributed by atoms with Crippen LogP contribution < -0.4 is 10.5 Å². The second kappa shape index (κ2) is 10.3. The standard InChI is InChI=1S/C33H37N3O/c1-33(2,3)25-18-24(19-26(34)20-25)11-7-5-6-10-23-14-17-32(35-22-23)36-30-13-9-8-12-28(30)29-16-15-27(37-4)21-31(29)36/h8-9,12-22H,5-7,10-11,34H2,1-4H3. The third-order valence-corrected chi connectivity index (χ3v) is 7.23. The number of fused-ring (bicyclic) bond motifs is 3. The van der Waals surface area contributed by atoms with Gasteiger partial charge in [-0.15, -0.1) is 0 Å². The lowest BCUT2D eigenvalue weighted by atomic mass is 9.85. The Bertz CT molecular complexity index is 1520. The van der Waals surface area contributed by atoms with Crippen molar-refractivity contribution >= 4 is 27.5 Å². The summed E-state index contributed by atoms with van der Waals surface area (Å²) in [5.74, 6) is 1.78. The van der Waals surface area contributed by atoms with Gasteiger partial charge in [-0.2, -0.15) is 0 Å². The van der Waals surface area contributed by atoms with E-state index in [-0.39, 0.29) is 5.41 Å². The van der Waals surface area contributed by atoms with Gasteiger partial charge >= 0.3 is 0 Å². The first-order chi connectivity index (χ1) is 17.8. The first kappa shape index (κ1) is 24.9. The van der Waals surface area contributed by atoms with Gasteiger partial charge in [0.1, 0.15) is 11.6 Å². The summed E-state index contributed by atoms with van der Waals surface area (Å²) in [6.07, 6.45) is 7.66. The number of hydrogen-bond donors (Lipinski definition) is 1.